The minimum Gasteiger partial charge on any atom is -0.457 e. The summed E-state index contributed by atoms with van der Waals surface area (Å²) in [4.78, 5) is 28.0. The van der Waals surface area contributed by atoms with Crippen LogP contribution in [0.4, 0.5) is 0 Å². The van der Waals surface area contributed by atoms with Crippen LogP contribution in [-0.4, -0.2) is 42.7 Å². The number of carbonyl (C=O) groups excluding carboxylic acids is 2. The summed E-state index contributed by atoms with van der Waals surface area (Å²) in [5.74, 6) is -1.01. The van der Waals surface area contributed by atoms with Crippen molar-refractivity contribution >= 4 is 44.9 Å². The summed E-state index contributed by atoms with van der Waals surface area (Å²) in [6.45, 7) is 0. The Morgan fingerprint density at radius 2 is 1.69 bits per heavy atom. The van der Waals surface area contributed by atoms with E-state index in [0.29, 0.717) is 22.1 Å². The summed E-state index contributed by atoms with van der Waals surface area (Å²) in [6, 6.07) is 20.3. The second-order valence-electron chi connectivity index (χ2n) is 8.53. The molecule has 0 N–H and O–H groups in total. The Bertz CT molecular complexity index is 1580. The number of sulfone groups is 1. The Morgan fingerprint density at radius 1 is 0.972 bits per heavy atom. The normalized spacial score (nSPS) is 20.7. The Balaban J connectivity index is 1.65. The third-order valence-electron chi connectivity index (χ3n) is 6.19. The molecule has 2 aromatic carbocycles. The van der Waals surface area contributed by atoms with E-state index in [1.807, 2.05) is 6.07 Å². The molecule has 0 spiro atoms. The Morgan fingerprint density at radius 3 is 2.33 bits per heavy atom. The number of furan rings is 1. The van der Waals surface area contributed by atoms with E-state index in [1.54, 1.807) is 66.7 Å². The maximum atomic E-state index is 13.7. The number of rotatable bonds is 4. The number of benzene rings is 2. The molecular formula is C27H19ClN2O5S. The monoisotopic (exact) mass is 518 g/mol. The van der Waals surface area contributed by atoms with Crippen LogP contribution in [0, 0.1) is 11.3 Å². The van der Waals surface area contributed by atoms with E-state index in [0.717, 1.165) is 10.5 Å². The topological polar surface area (TPSA) is 108 Å². The molecule has 2 aliphatic rings. The molecule has 1 saturated heterocycles. The Labute approximate surface area is 212 Å². The first-order valence-electron chi connectivity index (χ1n) is 11.1. The number of carbonyl (C=O) groups is 2. The summed E-state index contributed by atoms with van der Waals surface area (Å²) in [7, 11) is -3.38. The minimum atomic E-state index is -3.38. The fourth-order valence-corrected chi connectivity index (χ4v) is 6.31. The first-order chi connectivity index (χ1) is 17.3. The molecule has 1 atom stereocenters. The fraction of sp³-hybridized carbons (Fsp3) is 0.148. The SMILES string of the molecule is N#CC1=C(c2ccccc2)C(=Cc2ccc(-c3ccc(Cl)cc3)o2)C(=O)N(C2CCS(=O)(=O)C2)C1=O. The first kappa shape index (κ1) is 23.8. The number of nitrogens with zero attached hydrogens (tertiary/aromatic N) is 2. The molecule has 180 valence electrons. The summed E-state index contributed by atoms with van der Waals surface area (Å²) >= 11 is 5.97. The quantitative estimate of drug-likeness (QED) is 0.371. The van der Waals surface area contributed by atoms with E-state index < -0.39 is 27.7 Å². The lowest BCUT2D eigenvalue weighted by Crippen LogP contribution is -2.49. The van der Waals surface area contributed by atoms with Gasteiger partial charge in [0.25, 0.3) is 11.8 Å². The van der Waals surface area contributed by atoms with Gasteiger partial charge in [-0.15, -0.1) is 0 Å². The molecule has 2 aliphatic heterocycles. The molecule has 0 radical (unpaired) electrons. The van der Waals surface area contributed by atoms with E-state index >= 15 is 0 Å². The lowest BCUT2D eigenvalue weighted by molar-refractivity contribution is -0.142. The van der Waals surface area contributed by atoms with Crippen LogP contribution in [0.2, 0.25) is 5.02 Å². The van der Waals surface area contributed by atoms with Gasteiger partial charge in [0.15, 0.2) is 9.84 Å². The highest BCUT2D eigenvalue weighted by molar-refractivity contribution is 7.91. The molecule has 5 rings (SSSR count). The van der Waals surface area contributed by atoms with Crippen LogP contribution in [0.3, 0.4) is 0 Å². The molecular weight excluding hydrogens is 500 g/mol. The Kier molecular flexibility index (Phi) is 6.12. The van der Waals surface area contributed by atoms with Crippen molar-refractivity contribution in [1.82, 2.24) is 4.90 Å². The lowest BCUT2D eigenvalue weighted by Gasteiger charge is -2.32. The van der Waals surface area contributed by atoms with Crippen LogP contribution in [-0.2, 0) is 19.4 Å². The van der Waals surface area contributed by atoms with Gasteiger partial charge in [0, 0.05) is 16.2 Å². The van der Waals surface area contributed by atoms with Gasteiger partial charge in [0.1, 0.15) is 23.2 Å². The summed E-state index contributed by atoms with van der Waals surface area (Å²) in [5, 5.41) is 10.5. The molecule has 0 bridgehead atoms. The average Bonchev–Trinajstić information content (AvgIpc) is 3.47. The fourth-order valence-electron chi connectivity index (χ4n) is 4.49. The second kappa shape index (κ2) is 9.26. The van der Waals surface area contributed by atoms with Crippen molar-refractivity contribution in [2.24, 2.45) is 0 Å². The van der Waals surface area contributed by atoms with Crippen LogP contribution in [0.25, 0.3) is 23.0 Å². The number of imide groups is 1. The standard InChI is InChI=1S/C27H19ClN2O5S/c28-19-8-6-17(7-9-19)24-11-10-21(35-24)14-22-25(18-4-2-1-3-5-18)23(15-29)27(32)30(26(22)31)20-12-13-36(33,34)16-20/h1-11,14,20H,12-13,16H2. The van der Waals surface area contributed by atoms with Crippen LogP contribution < -0.4 is 0 Å². The maximum absolute atomic E-state index is 13.7. The molecule has 2 amide bonds. The smallest absolute Gasteiger partial charge is 0.272 e. The van der Waals surface area contributed by atoms with Crippen LogP contribution in [0.1, 0.15) is 17.7 Å². The zero-order valence-electron chi connectivity index (χ0n) is 18.8. The molecule has 0 saturated carbocycles. The predicted octanol–water partition coefficient (Wildman–Crippen LogP) is 4.52. The molecule has 3 aromatic rings. The number of halogens is 1. The van der Waals surface area contributed by atoms with Crippen LogP contribution >= 0.6 is 11.6 Å². The number of hydrogen-bond donors (Lipinski definition) is 0. The van der Waals surface area contributed by atoms with Gasteiger partial charge in [-0.2, -0.15) is 5.26 Å². The molecule has 1 unspecified atom stereocenters. The number of nitriles is 1. The van der Waals surface area contributed by atoms with E-state index in [2.05, 4.69) is 0 Å². The number of amides is 2. The van der Waals surface area contributed by atoms with Crippen molar-refractivity contribution in [2.45, 2.75) is 12.5 Å². The summed E-state index contributed by atoms with van der Waals surface area (Å²) in [6.07, 6.45) is 1.62. The second-order valence-corrected chi connectivity index (χ2v) is 11.2. The highest BCUT2D eigenvalue weighted by Crippen LogP contribution is 2.37. The predicted molar refractivity (Wildman–Crippen MR) is 135 cm³/mol. The summed E-state index contributed by atoms with van der Waals surface area (Å²) in [5.41, 5.74) is 1.35. The molecule has 1 aromatic heterocycles. The number of hydrogen-bond acceptors (Lipinski definition) is 6. The third-order valence-corrected chi connectivity index (χ3v) is 8.19. The van der Waals surface area contributed by atoms with Crippen LogP contribution in [0.5, 0.6) is 0 Å². The van der Waals surface area contributed by atoms with Gasteiger partial charge in [0.2, 0.25) is 0 Å². The molecule has 0 aliphatic carbocycles. The van der Waals surface area contributed by atoms with Crippen molar-refractivity contribution in [3.8, 4) is 17.4 Å². The van der Waals surface area contributed by atoms with Gasteiger partial charge in [0.05, 0.1) is 23.1 Å². The van der Waals surface area contributed by atoms with E-state index in [9.17, 15) is 23.3 Å². The highest BCUT2D eigenvalue weighted by atomic mass is 35.5. The van der Waals surface area contributed by atoms with Gasteiger partial charge in [-0.25, -0.2) is 8.42 Å². The van der Waals surface area contributed by atoms with Crippen molar-refractivity contribution < 1.29 is 22.4 Å². The van der Waals surface area contributed by atoms with Gasteiger partial charge < -0.3 is 4.42 Å². The van der Waals surface area contributed by atoms with E-state index in [4.69, 9.17) is 16.0 Å². The maximum Gasteiger partial charge on any atom is 0.272 e. The lowest BCUT2D eigenvalue weighted by atomic mass is 9.87. The zero-order chi connectivity index (χ0) is 25.4. The first-order valence-corrected chi connectivity index (χ1v) is 13.3. The van der Waals surface area contributed by atoms with Crippen molar-refractivity contribution in [3.05, 3.63) is 94.2 Å². The molecule has 1 fully saturated rings. The van der Waals surface area contributed by atoms with Crippen molar-refractivity contribution in [2.75, 3.05) is 11.5 Å². The summed E-state index contributed by atoms with van der Waals surface area (Å²) < 4.78 is 30.2. The van der Waals surface area contributed by atoms with Crippen molar-refractivity contribution in [1.29, 1.82) is 5.26 Å². The van der Waals surface area contributed by atoms with E-state index in [-0.39, 0.29) is 34.6 Å². The Hall–Kier alpha value is -3.93. The van der Waals surface area contributed by atoms with Crippen molar-refractivity contribution in [3.63, 3.8) is 0 Å². The molecule has 7 nitrogen and oxygen atoms in total. The van der Waals surface area contributed by atoms with Gasteiger partial charge in [-0.05, 0) is 54.5 Å². The van der Waals surface area contributed by atoms with Gasteiger partial charge in [-0.3, -0.25) is 14.5 Å². The molecule has 36 heavy (non-hydrogen) atoms. The minimum absolute atomic E-state index is 0.0821. The van der Waals surface area contributed by atoms with Gasteiger partial charge >= 0.3 is 0 Å². The molecule has 3 heterocycles. The van der Waals surface area contributed by atoms with Gasteiger partial charge in [-0.1, -0.05) is 41.9 Å². The average molecular weight is 519 g/mol. The van der Waals surface area contributed by atoms with Crippen LogP contribution in [0.15, 0.2) is 82.3 Å². The molecule has 9 heteroatoms. The van der Waals surface area contributed by atoms with E-state index in [1.165, 1.54) is 6.08 Å². The third kappa shape index (κ3) is 4.39. The highest BCUT2D eigenvalue weighted by Gasteiger charge is 2.45. The largest absolute Gasteiger partial charge is 0.457 e. The zero-order valence-corrected chi connectivity index (χ0v) is 20.4.